The Balaban J connectivity index is 0.950. The van der Waals surface area contributed by atoms with Gasteiger partial charge in [0.05, 0.1) is 25.3 Å². The molecular weight excluding hydrogens is 984 g/mol. The maximum atomic E-state index is 14.0. The van der Waals surface area contributed by atoms with E-state index >= 15 is 0 Å². The number of rotatable bonds is 14. The van der Waals surface area contributed by atoms with Crippen molar-refractivity contribution < 1.29 is 38.9 Å². The van der Waals surface area contributed by atoms with Gasteiger partial charge in [-0.1, -0.05) is 77.8 Å². The van der Waals surface area contributed by atoms with Crippen molar-refractivity contribution in [2.45, 2.75) is 0 Å². The molecule has 74 heavy (non-hydrogen) atoms. The number of hydrogen-bond acceptors (Lipinski definition) is 12. The van der Waals surface area contributed by atoms with Crippen molar-refractivity contribution in [3.05, 3.63) is 202 Å². The lowest BCUT2D eigenvalue weighted by Gasteiger charge is -2.13. The first kappa shape index (κ1) is 49.3. The molecule has 4 amide bonds. The monoisotopic (exact) mass is 1020 g/mol. The summed E-state index contributed by atoms with van der Waals surface area (Å²) in [5.74, 6) is -2.64. The molecule has 0 radical (unpaired) electrons. The third-order valence-electron chi connectivity index (χ3n) is 11.5. The second kappa shape index (κ2) is 21.8. The van der Waals surface area contributed by atoms with Gasteiger partial charge in [0.2, 0.25) is 0 Å². The minimum absolute atomic E-state index is 0.0215. The van der Waals surface area contributed by atoms with Crippen molar-refractivity contribution in [3.8, 4) is 23.0 Å². The first-order valence-corrected chi connectivity index (χ1v) is 23.2. The molecule has 0 aliphatic rings. The molecule has 9 aromatic rings. The van der Waals surface area contributed by atoms with Crippen molar-refractivity contribution in [2.75, 3.05) is 35.5 Å². The van der Waals surface area contributed by atoms with Gasteiger partial charge in [-0.3, -0.25) is 19.2 Å². The molecule has 6 N–H and O–H groups in total. The fourth-order valence-electron chi connectivity index (χ4n) is 7.75. The molecule has 366 valence electrons. The lowest BCUT2D eigenvalue weighted by Crippen LogP contribution is -2.14. The number of anilines is 4. The number of hydrogen-bond donors (Lipinski definition) is 6. The lowest BCUT2D eigenvalue weighted by atomic mass is 10.0. The molecule has 9 aromatic carbocycles. The maximum absolute atomic E-state index is 14.0. The molecule has 0 aliphatic heterocycles. The van der Waals surface area contributed by atoms with E-state index in [1.807, 2.05) is 0 Å². The van der Waals surface area contributed by atoms with E-state index in [4.69, 9.17) is 32.7 Å². The van der Waals surface area contributed by atoms with Crippen molar-refractivity contribution in [1.29, 1.82) is 0 Å². The van der Waals surface area contributed by atoms with Gasteiger partial charge in [-0.25, -0.2) is 0 Å². The van der Waals surface area contributed by atoms with Crippen LogP contribution < -0.4 is 30.7 Å². The van der Waals surface area contributed by atoms with E-state index in [-0.39, 0.29) is 56.4 Å². The van der Waals surface area contributed by atoms with Crippen LogP contribution in [0.2, 0.25) is 10.0 Å². The van der Waals surface area contributed by atoms with Crippen LogP contribution in [-0.4, -0.2) is 48.1 Å². The Morgan fingerprint density at radius 3 is 1.22 bits per heavy atom. The van der Waals surface area contributed by atoms with E-state index in [1.54, 1.807) is 140 Å². The minimum Gasteiger partial charge on any atom is -0.505 e. The average Bonchev–Trinajstić information content (AvgIpc) is 3.41. The number of amides is 4. The van der Waals surface area contributed by atoms with E-state index in [0.717, 1.165) is 0 Å². The standard InChI is InChI=1S/C56H40Cl2N8O8/c1-73-47-24-14-33(53(69)59-37-20-16-35(57)17-21-37)28-45(47)63-65-49-41-12-5-3-8-31(41)26-43(51(49)67)55(71)61-39-10-7-11-40(30-39)62-56(72)44-27-32-9-4-6-13-42(32)50(52(44)68)66-64-46-29-34(15-25-48(46)74-2)54(70)60-38-22-18-36(58)19-23-38/h3-30,67-68H,1-2H3,(H,59,69)(H,60,70)(H,61,71)(H,62,72). The van der Waals surface area contributed by atoms with Crippen LogP contribution in [0, 0.1) is 0 Å². The summed E-state index contributed by atoms with van der Waals surface area (Å²) in [6.07, 6.45) is 0. The number of methoxy groups -OCH3 is 2. The van der Waals surface area contributed by atoms with Crippen LogP contribution in [0.1, 0.15) is 41.4 Å². The van der Waals surface area contributed by atoms with E-state index < -0.39 is 35.1 Å². The number of nitrogens with zero attached hydrogens (tertiary/aromatic N) is 4. The molecular formula is C56H40Cl2N8O8. The molecule has 0 heterocycles. The number of fused-ring (bicyclic) bond motifs is 2. The van der Waals surface area contributed by atoms with Crippen molar-refractivity contribution in [1.82, 2.24) is 0 Å². The van der Waals surface area contributed by atoms with Crippen molar-refractivity contribution in [3.63, 3.8) is 0 Å². The molecule has 0 fully saturated rings. The minimum atomic E-state index is -0.710. The van der Waals surface area contributed by atoms with Gasteiger partial charge in [-0.15, -0.1) is 20.5 Å². The predicted octanol–water partition coefficient (Wildman–Crippen LogP) is 14.6. The summed E-state index contributed by atoms with van der Waals surface area (Å²) in [4.78, 5) is 54.4. The Morgan fingerprint density at radius 1 is 0.419 bits per heavy atom. The molecule has 0 bridgehead atoms. The Kier molecular flexibility index (Phi) is 14.5. The summed E-state index contributed by atoms with van der Waals surface area (Å²) in [5.41, 5.74) is 2.07. The SMILES string of the molecule is COc1ccc(C(=O)Nc2ccc(Cl)cc2)cc1N=Nc1c(O)c(C(=O)Nc2cccc(NC(=O)c3cc4ccccc4c(N=Nc4cc(C(=O)Nc5ccc(Cl)cc5)ccc4OC)c3O)c2)cc2ccccc12. The zero-order valence-corrected chi connectivity index (χ0v) is 40.6. The van der Waals surface area contributed by atoms with E-state index in [2.05, 4.69) is 41.7 Å². The summed E-state index contributed by atoms with van der Waals surface area (Å²) in [5, 5.41) is 55.1. The normalized spacial score (nSPS) is 11.2. The summed E-state index contributed by atoms with van der Waals surface area (Å²) in [7, 11) is 2.88. The number of benzene rings is 9. The smallest absolute Gasteiger partial charge is 0.259 e. The molecule has 0 saturated carbocycles. The summed E-state index contributed by atoms with van der Waals surface area (Å²) in [6, 6.07) is 45.7. The van der Waals surface area contributed by atoms with Gasteiger partial charge in [-0.2, -0.15) is 0 Å². The second-order valence-corrected chi connectivity index (χ2v) is 17.1. The van der Waals surface area contributed by atoms with Gasteiger partial charge in [0.1, 0.15) is 34.2 Å². The van der Waals surface area contributed by atoms with E-state index in [9.17, 15) is 29.4 Å². The highest BCUT2D eigenvalue weighted by atomic mass is 35.5. The van der Waals surface area contributed by atoms with Gasteiger partial charge >= 0.3 is 0 Å². The molecule has 16 nitrogen and oxygen atoms in total. The molecule has 0 spiro atoms. The van der Waals surface area contributed by atoms with Crippen LogP contribution in [0.4, 0.5) is 45.5 Å². The Bertz CT molecular complexity index is 3500. The molecule has 18 heteroatoms. The van der Waals surface area contributed by atoms with Crippen LogP contribution >= 0.6 is 23.2 Å². The highest BCUT2D eigenvalue weighted by molar-refractivity contribution is 6.31. The predicted molar refractivity (Wildman–Crippen MR) is 287 cm³/mol. The Morgan fingerprint density at radius 2 is 0.811 bits per heavy atom. The van der Waals surface area contributed by atoms with Gasteiger partial charge in [0.25, 0.3) is 23.6 Å². The summed E-state index contributed by atoms with van der Waals surface area (Å²) >= 11 is 12.0. The Labute approximate surface area is 431 Å². The maximum Gasteiger partial charge on any atom is 0.259 e. The first-order valence-electron chi connectivity index (χ1n) is 22.4. The van der Waals surface area contributed by atoms with Crippen LogP contribution in [0.5, 0.6) is 23.0 Å². The number of azo groups is 2. The molecule has 9 rings (SSSR count). The quantitative estimate of drug-likeness (QED) is 0.0573. The number of ether oxygens (including phenoxy) is 2. The number of halogens is 2. The van der Waals surface area contributed by atoms with Gasteiger partial charge in [0, 0.05) is 54.7 Å². The Hall–Kier alpha value is -9.64. The topological polar surface area (TPSA) is 225 Å². The number of nitrogens with one attached hydrogen (secondary N) is 4. The lowest BCUT2D eigenvalue weighted by molar-refractivity contribution is 0.101. The van der Waals surface area contributed by atoms with E-state index in [0.29, 0.717) is 54.5 Å². The van der Waals surface area contributed by atoms with E-state index in [1.165, 1.54) is 44.6 Å². The van der Waals surface area contributed by atoms with Crippen molar-refractivity contribution in [2.24, 2.45) is 20.5 Å². The molecule has 0 atom stereocenters. The molecule has 0 saturated heterocycles. The van der Waals surface area contributed by atoms with Gasteiger partial charge in [0.15, 0.2) is 11.5 Å². The number of phenolic OH excluding ortho intramolecular Hbond substituents is 2. The summed E-state index contributed by atoms with van der Waals surface area (Å²) in [6.45, 7) is 0. The second-order valence-electron chi connectivity index (χ2n) is 16.3. The molecule has 0 aliphatic carbocycles. The van der Waals surface area contributed by atoms with Crippen LogP contribution in [0.25, 0.3) is 21.5 Å². The average molecular weight is 1020 g/mol. The van der Waals surface area contributed by atoms with Crippen molar-refractivity contribution >= 4 is 114 Å². The fraction of sp³-hybridized carbons (Fsp3) is 0.0357. The first-order chi connectivity index (χ1) is 35.8. The zero-order chi connectivity index (χ0) is 51.9. The molecule has 0 unspecified atom stereocenters. The van der Waals surface area contributed by atoms with Gasteiger partial charge < -0.3 is 41.0 Å². The molecule has 0 aromatic heterocycles. The van der Waals surface area contributed by atoms with Crippen LogP contribution in [0.15, 0.2) is 190 Å². The number of carbonyl (C=O) groups is 4. The number of phenols is 2. The third-order valence-corrected chi connectivity index (χ3v) is 12.0. The number of aromatic hydroxyl groups is 2. The third kappa shape index (κ3) is 11.0. The van der Waals surface area contributed by atoms with Crippen LogP contribution in [-0.2, 0) is 0 Å². The number of carbonyl (C=O) groups excluding carboxylic acids is 4. The highest BCUT2D eigenvalue weighted by Gasteiger charge is 2.22. The largest absolute Gasteiger partial charge is 0.505 e. The fourth-order valence-corrected chi connectivity index (χ4v) is 8.01. The zero-order valence-electron chi connectivity index (χ0n) is 39.1. The summed E-state index contributed by atoms with van der Waals surface area (Å²) < 4.78 is 11.0. The van der Waals surface area contributed by atoms with Crippen LogP contribution in [0.3, 0.4) is 0 Å². The van der Waals surface area contributed by atoms with Gasteiger partial charge in [-0.05, 0) is 126 Å². The highest BCUT2D eigenvalue weighted by Crippen LogP contribution is 2.43.